The van der Waals surface area contributed by atoms with E-state index in [1.165, 1.54) is 0 Å². The number of hydrogen-bond donors (Lipinski definition) is 2. The molecule has 2 aromatic carbocycles. The minimum Gasteiger partial charge on any atom is -0.385 e. The van der Waals surface area contributed by atoms with Gasteiger partial charge in [-0.1, -0.05) is 29.8 Å². The Hall–Kier alpha value is -3.58. The van der Waals surface area contributed by atoms with Gasteiger partial charge in [0.2, 0.25) is 11.7 Å². The van der Waals surface area contributed by atoms with Gasteiger partial charge >= 0.3 is 0 Å². The van der Waals surface area contributed by atoms with Gasteiger partial charge < -0.3 is 15.5 Å². The first-order valence-electron chi connectivity index (χ1n) is 11.1. The van der Waals surface area contributed by atoms with Crippen molar-refractivity contribution in [3.05, 3.63) is 72.1 Å². The molecule has 33 heavy (non-hydrogen) atoms. The highest BCUT2D eigenvalue weighted by atomic mass is 35.5. The Morgan fingerprint density at radius 1 is 1.03 bits per heavy atom. The lowest BCUT2D eigenvalue weighted by Crippen LogP contribution is -2.26. The molecule has 0 saturated carbocycles. The molecule has 168 valence electrons. The molecule has 4 aromatic rings. The van der Waals surface area contributed by atoms with Gasteiger partial charge in [0, 0.05) is 66.0 Å². The predicted molar refractivity (Wildman–Crippen MR) is 132 cm³/mol. The Bertz CT molecular complexity index is 1270. The van der Waals surface area contributed by atoms with Crippen LogP contribution < -0.4 is 10.6 Å². The molecule has 1 fully saturated rings. The molecule has 5 rings (SSSR count). The van der Waals surface area contributed by atoms with Crippen LogP contribution in [0.25, 0.3) is 16.9 Å². The number of hydrogen-bond acceptors (Lipinski definition) is 5. The molecule has 7 nitrogen and oxygen atoms in total. The highest BCUT2D eigenvalue weighted by Gasteiger charge is 2.18. The number of anilines is 3. The van der Waals surface area contributed by atoms with Crippen molar-refractivity contribution in [3.8, 4) is 11.1 Å². The van der Waals surface area contributed by atoms with E-state index in [4.69, 9.17) is 11.6 Å². The molecular weight excluding hydrogens is 436 g/mol. The molecule has 0 radical (unpaired) electrons. The number of nitrogens with one attached hydrogen (secondary N) is 2. The normalized spacial score (nSPS) is 13.6. The van der Waals surface area contributed by atoms with Gasteiger partial charge in [0.05, 0.1) is 6.20 Å². The molecule has 0 spiro atoms. The third kappa shape index (κ3) is 4.93. The fourth-order valence-corrected chi connectivity index (χ4v) is 4.29. The van der Waals surface area contributed by atoms with Crippen molar-refractivity contribution in [2.75, 3.05) is 30.3 Å². The lowest BCUT2D eigenvalue weighted by atomic mass is 10.1. The first-order chi connectivity index (χ1) is 16.2. The van der Waals surface area contributed by atoms with Crippen molar-refractivity contribution in [1.29, 1.82) is 0 Å². The molecule has 1 amide bonds. The first-order valence-corrected chi connectivity index (χ1v) is 11.5. The average molecular weight is 461 g/mol. The molecule has 2 aromatic heterocycles. The van der Waals surface area contributed by atoms with Crippen LogP contribution in [0.1, 0.15) is 19.3 Å². The zero-order valence-electron chi connectivity index (χ0n) is 18.2. The second-order valence-corrected chi connectivity index (χ2v) is 8.53. The molecule has 1 aliphatic heterocycles. The maximum atomic E-state index is 11.7. The van der Waals surface area contributed by atoms with E-state index in [1.54, 1.807) is 6.20 Å². The van der Waals surface area contributed by atoms with Crippen LogP contribution in [-0.2, 0) is 4.79 Å². The van der Waals surface area contributed by atoms with Crippen molar-refractivity contribution in [2.45, 2.75) is 19.3 Å². The topological polar surface area (TPSA) is 74.6 Å². The van der Waals surface area contributed by atoms with Crippen LogP contribution in [-0.4, -0.2) is 44.8 Å². The lowest BCUT2D eigenvalue weighted by Gasteiger charge is -2.15. The molecular formula is C25H25ClN6O. The maximum Gasteiger partial charge on any atom is 0.235 e. The average Bonchev–Trinajstić information content (AvgIpc) is 3.42. The smallest absolute Gasteiger partial charge is 0.235 e. The zero-order valence-corrected chi connectivity index (χ0v) is 18.9. The number of benzene rings is 2. The number of fused-ring (bicyclic) bond motifs is 1. The van der Waals surface area contributed by atoms with Crippen LogP contribution >= 0.6 is 11.6 Å². The second-order valence-electron chi connectivity index (χ2n) is 8.12. The van der Waals surface area contributed by atoms with Gasteiger partial charge in [-0.2, -0.15) is 4.98 Å². The third-order valence-corrected chi connectivity index (χ3v) is 6.09. The number of imidazole rings is 1. The molecule has 1 aliphatic rings. The van der Waals surface area contributed by atoms with E-state index < -0.39 is 0 Å². The number of carbonyl (C=O) groups is 1. The van der Waals surface area contributed by atoms with Gasteiger partial charge in [-0.05, 0) is 43.2 Å². The highest BCUT2D eigenvalue weighted by molar-refractivity contribution is 6.33. The van der Waals surface area contributed by atoms with Crippen molar-refractivity contribution < 1.29 is 4.79 Å². The fraction of sp³-hybridized carbons (Fsp3) is 0.240. The monoisotopic (exact) mass is 460 g/mol. The van der Waals surface area contributed by atoms with Crippen LogP contribution in [0, 0.1) is 0 Å². The van der Waals surface area contributed by atoms with Crippen molar-refractivity contribution >= 4 is 40.5 Å². The number of aromatic nitrogens is 3. The van der Waals surface area contributed by atoms with Crippen LogP contribution in [0.4, 0.5) is 17.2 Å². The van der Waals surface area contributed by atoms with E-state index in [1.807, 2.05) is 70.2 Å². The van der Waals surface area contributed by atoms with E-state index in [0.717, 1.165) is 60.8 Å². The molecule has 0 unspecified atom stereocenters. The fourth-order valence-electron chi connectivity index (χ4n) is 4.04. The maximum absolute atomic E-state index is 11.7. The van der Waals surface area contributed by atoms with E-state index in [0.29, 0.717) is 17.2 Å². The Morgan fingerprint density at radius 2 is 1.85 bits per heavy atom. The quantitative estimate of drug-likeness (QED) is 0.353. The van der Waals surface area contributed by atoms with Gasteiger partial charge in [0.1, 0.15) is 0 Å². The SMILES string of the molecule is O=C1CCCN1CCCNc1ccc(Nc2cn3cc(-c4ccccc4Cl)cnc3n2)cc1. The molecule has 0 aliphatic carbocycles. The molecule has 2 N–H and O–H groups in total. The summed E-state index contributed by atoms with van der Waals surface area (Å²) in [6.07, 6.45) is 8.31. The minimum atomic E-state index is 0.285. The van der Waals surface area contributed by atoms with Crippen LogP contribution in [0.15, 0.2) is 67.1 Å². The summed E-state index contributed by atoms with van der Waals surface area (Å²) in [5.41, 5.74) is 3.86. The summed E-state index contributed by atoms with van der Waals surface area (Å²) in [4.78, 5) is 22.6. The summed E-state index contributed by atoms with van der Waals surface area (Å²) >= 11 is 6.32. The van der Waals surface area contributed by atoms with Crippen molar-refractivity contribution in [1.82, 2.24) is 19.3 Å². The second kappa shape index (κ2) is 9.50. The van der Waals surface area contributed by atoms with Gasteiger partial charge in [-0.3, -0.25) is 9.20 Å². The van der Waals surface area contributed by atoms with E-state index in [9.17, 15) is 4.79 Å². The standard InChI is InChI=1S/C25H25ClN6O/c26-22-6-2-1-5-21(22)18-15-28-25-30-23(17-32(25)16-18)29-20-10-8-19(9-11-20)27-12-4-14-31-13-3-7-24(31)33/h1-2,5-6,8-11,15-17,27,29H,3-4,7,12-14H2. The van der Waals surface area contributed by atoms with Gasteiger partial charge in [-0.15, -0.1) is 0 Å². The number of carbonyl (C=O) groups excluding carboxylic acids is 1. The molecule has 1 saturated heterocycles. The summed E-state index contributed by atoms with van der Waals surface area (Å²) in [6.45, 7) is 2.56. The minimum absolute atomic E-state index is 0.285. The zero-order chi connectivity index (χ0) is 22.6. The Morgan fingerprint density at radius 3 is 2.64 bits per heavy atom. The summed E-state index contributed by atoms with van der Waals surface area (Å²) in [6, 6.07) is 15.8. The predicted octanol–water partition coefficient (Wildman–Crippen LogP) is 5.22. The highest BCUT2D eigenvalue weighted by Crippen LogP contribution is 2.27. The van der Waals surface area contributed by atoms with Crippen LogP contribution in [0.3, 0.4) is 0 Å². The molecule has 0 atom stereocenters. The number of amides is 1. The van der Waals surface area contributed by atoms with E-state index in [-0.39, 0.29) is 5.91 Å². The van der Waals surface area contributed by atoms with Crippen LogP contribution in [0.5, 0.6) is 0 Å². The number of halogens is 1. The molecule has 8 heteroatoms. The van der Waals surface area contributed by atoms with Gasteiger partial charge in [0.15, 0.2) is 5.82 Å². The number of rotatable bonds is 8. The van der Waals surface area contributed by atoms with E-state index >= 15 is 0 Å². The van der Waals surface area contributed by atoms with E-state index in [2.05, 4.69) is 20.6 Å². The number of nitrogens with zero attached hydrogens (tertiary/aromatic N) is 4. The van der Waals surface area contributed by atoms with Crippen LogP contribution in [0.2, 0.25) is 5.02 Å². The third-order valence-electron chi connectivity index (χ3n) is 5.76. The van der Waals surface area contributed by atoms with Crippen molar-refractivity contribution in [3.63, 3.8) is 0 Å². The first kappa shape index (κ1) is 21.3. The summed E-state index contributed by atoms with van der Waals surface area (Å²) < 4.78 is 1.89. The molecule has 3 heterocycles. The Kier molecular flexibility index (Phi) is 6.13. The number of likely N-dealkylation sites (tertiary alicyclic amines) is 1. The Balaban J connectivity index is 1.19. The van der Waals surface area contributed by atoms with Gasteiger partial charge in [0.25, 0.3) is 0 Å². The summed E-state index contributed by atoms with van der Waals surface area (Å²) in [7, 11) is 0. The molecule has 0 bridgehead atoms. The van der Waals surface area contributed by atoms with Gasteiger partial charge in [-0.25, -0.2) is 4.98 Å². The van der Waals surface area contributed by atoms with Crippen molar-refractivity contribution in [2.24, 2.45) is 0 Å². The summed E-state index contributed by atoms with van der Waals surface area (Å²) in [5.74, 6) is 1.62. The Labute approximate surface area is 197 Å². The lowest BCUT2D eigenvalue weighted by molar-refractivity contribution is -0.127. The largest absolute Gasteiger partial charge is 0.385 e. The summed E-state index contributed by atoms with van der Waals surface area (Å²) in [5, 5.41) is 7.44.